The van der Waals surface area contributed by atoms with Crippen molar-refractivity contribution in [1.29, 1.82) is 0 Å². The molecule has 9 heteroatoms. The minimum atomic E-state index is -3.72. The van der Waals surface area contributed by atoms with E-state index in [9.17, 15) is 13.2 Å². The summed E-state index contributed by atoms with van der Waals surface area (Å²) in [6.07, 6.45) is 0. The fraction of sp³-hybridized carbons (Fsp3) is 0.333. The molecule has 2 aromatic heterocycles. The van der Waals surface area contributed by atoms with Gasteiger partial charge in [0.2, 0.25) is 15.8 Å². The van der Waals surface area contributed by atoms with Crippen molar-refractivity contribution in [1.82, 2.24) is 10.3 Å². The average molecular weight is 329 g/mol. The maximum atomic E-state index is 12.1. The number of carbonyl (C=O) groups is 1. The predicted molar refractivity (Wildman–Crippen MR) is 77.6 cm³/mol. The molecule has 3 N–H and O–H groups in total. The summed E-state index contributed by atoms with van der Waals surface area (Å²) in [6, 6.07) is 2.66. The molecule has 0 radical (unpaired) electrons. The lowest BCUT2D eigenvalue weighted by atomic mass is 10.2. The second-order valence-electron chi connectivity index (χ2n) is 4.54. The van der Waals surface area contributed by atoms with Crippen molar-refractivity contribution in [3.8, 4) is 0 Å². The van der Waals surface area contributed by atoms with E-state index >= 15 is 0 Å². The minimum Gasteiger partial charge on any atom is -0.436 e. The highest BCUT2D eigenvalue weighted by molar-refractivity contribution is 7.91. The zero-order valence-corrected chi connectivity index (χ0v) is 13.3. The van der Waals surface area contributed by atoms with E-state index in [1.165, 1.54) is 6.07 Å². The first kappa shape index (κ1) is 15.7. The van der Waals surface area contributed by atoms with E-state index in [0.717, 1.165) is 11.3 Å². The first-order valence-corrected chi connectivity index (χ1v) is 8.42. The fourth-order valence-electron chi connectivity index (χ4n) is 1.80. The van der Waals surface area contributed by atoms with Gasteiger partial charge >= 0.3 is 0 Å². The van der Waals surface area contributed by atoms with E-state index in [2.05, 4.69) is 10.3 Å². The van der Waals surface area contributed by atoms with E-state index in [-0.39, 0.29) is 16.0 Å². The number of nitrogens with two attached hydrogens (primary N) is 1. The van der Waals surface area contributed by atoms with Crippen molar-refractivity contribution in [3.05, 3.63) is 34.4 Å². The van der Waals surface area contributed by atoms with Gasteiger partial charge in [0.05, 0.1) is 11.7 Å². The lowest BCUT2D eigenvalue weighted by molar-refractivity contribution is 0.0910. The number of hydrogen-bond acceptors (Lipinski definition) is 6. The largest absolute Gasteiger partial charge is 0.436 e. The van der Waals surface area contributed by atoms with Gasteiger partial charge in [0.15, 0.2) is 5.89 Å². The van der Waals surface area contributed by atoms with Crippen LogP contribution in [0.1, 0.15) is 40.0 Å². The van der Waals surface area contributed by atoms with Crippen molar-refractivity contribution >= 4 is 27.3 Å². The van der Waals surface area contributed by atoms with E-state index in [1.807, 2.05) is 0 Å². The van der Waals surface area contributed by atoms with Crippen molar-refractivity contribution < 1.29 is 17.6 Å². The number of carbonyl (C=O) groups excluding carboxylic acids is 1. The van der Waals surface area contributed by atoms with Gasteiger partial charge in [-0.05, 0) is 26.0 Å². The van der Waals surface area contributed by atoms with E-state index in [0.29, 0.717) is 16.5 Å². The molecule has 0 fully saturated rings. The molecule has 0 aromatic carbocycles. The molecule has 21 heavy (non-hydrogen) atoms. The fourth-order valence-corrected chi connectivity index (χ4v) is 3.55. The molecule has 0 aliphatic heterocycles. The zero-order chi connectivity index (χ0) is 15.8. The predicted octanol–water partition coefficient (Wildman–Crippen LogP) is 1.49. The maximum Gasteiger partial charge on any atom is 0.289 e. The van der Waals surface area contributed by atoms with Crippen molar-refractivity contribution in [2.45, 2.75) is 31.0 Å². The van der Waals surface area contributed by atoms with Gasteiger partial charge < -0.3 is 9.73 Å². The first-order chi connectivity index (χ1) is 9.68. The third kappa shape index (κ3) is 3.49. The number of rotatable bonds is 4. The molecular formula is C12H15N3O4S2. The lowest BCUT2D eigenvalue weighted by Gasteiger charge is -2.10. The molecule has 2 aromatic rings. The summed E-state index contributed by atoms with van der Waals surface area (Å²) in [7, 11) is -3.72. The summed E-state index contributed by atoms with van der Waals surface area (Å²) in [4.78, 5) is 16.8. The summed E-state index contributed by atoms with van der Waals surface area (Å²) in [5, 5.41) is 7.79. The number of aryl methyl sites for hydroxylation is 2. The number of nitrogens with zero attached hydrogens (tertiary/aromatic N) is 1. The number of primary sulfonamides is 1. The molecule has 1 atom stereocenters. The molecule has 7 nitrogen and oxygen atoms in total. The minimum absolute atomic E-state index is 0.0605. The summed E-state index contributed by atoms with van der Waals surface area (Å²) >= 11 is 1.02. The number of oxazole rings is 1. The van der Waals surface area contributed by atoms with E-state index in [4.69, 9.17) is 9.56 Å². The monoisotopic (exact) mass is 329 g/mol. The van der Waals surface area contributed by atoms with Crippen LogP contribution in [0.5, 0.6) is 0 Å². The molecule has 114 valence electrons. The van der Waals surface area contributed by atoms with Gasteiger partial charge in [-0.15, -0.1) is 11.3 Å². The van der Waals surface area contributed by atoms with E-state index < -0.39 is 15.9 Å². The van der Waals surface area contributed by atoms with Gasteiger partial charge in [0, 0.05) is 11.8 Å². The summed E-state index contributed by atoms with van der Waals surface area (Å²) in [5.74, 6) is 0.173. The van der Waals surface area contributed by atoms with Crippen LogP contribution in [-0.2, 0) is 10.0 Å². The molecule has 0 bridgehead atoms. The number of aromatic nitrogens is 1. The van der Waals surface area contributed by atoms with Crippen LogP contribution >= 0.6 is 11.3 Å². The quantitative estimate of drug-likeness (QED) is 0.881. The molecule has 0 saturated heterocycles. The van der Waals surface area contributed by atoms with Crippen LogP contribution in [0.25, 0.3) is 0 Å². The third-order valence-electron chi connectivity index (χ3n) is 2.77. The van der Waals surface area contributed by atoms with Gasteiger partial charge in [0.25, 0.3) is 5.91 Å². The highest BCUT2D eigenvalue weighted by atomic mass is 32.2. The van der Waals surface area contributed by atoms with Gasteiger partial charge in [0.1, 0.15) is 4.21 Å². The van der Waals surface area contributed by atoms with Crippen molar-refractivity contribution in [3.63, 3.8) is 0 Å². The standard InChI is InChI=1S/C12H15N3O4S2/c1-6(9-4-5-10(20-9)21(13,17)18)15-12(16)11-7(2)14-8(3)19-11/h4-6H,1-3H3,(H,15,16)(H2,13,17,18). The molecule has 2 rings (SSSR count). The third-order valence-corrected chi connectivity index (χ3v) is 5.47. The average Bonchev–Trinajstić information content (AvgIpc) is 2.95. The Labute approximate surface area is 126 Å². The van der Waals surface area contributed by atoms with Gasteiger partial charge in [-0.25, -0.2) is 18.5 Å². The molecule has 1 amide bonds. The molecule has 0 saturated carbocycles. The summed E-state index contributed by atoms with van der Waals surface area (Å²) in [5.41, 5.74) is 0.508. The Morgan fingerprint density at radius 2 is 2.10 bits per heavy atom. The molecule has 2 heterocycles. The van der Waals surface area contributed by atoms with Gasteiger partial charge in [-0.1, -0.05) is 0 Å². The number of thiophene rings is 1. The Bertz CT molecular complexity index is 776. The Balaban J connectivity index is 2.14. The second-order valence-corrected chi connectivity index (χ2v) is 7.45. The van der Waals surface area contributed by atoms with Gasteiger partial charge in [-0.2, -0.15) is 0 Å². The van der Waals surface area contributed by atoms with Gasteiger partial charge in [-0.3, -0.25) is 4.79 Å². The second kappa shape index (κ2) is 5.58. The lowest BCUT2D eigenvalue weighted by Crippen LogP contribution is -2.26. The highest BCUT2D eigenvalue weighted by Gasteiger charge is 2.20. The Morgan fingerprint density at radius 3 is 2.57 bits per heavy atom. The highest BCUT2D eigenvalue weighted by Crippen LogP contribution is 2.26. The molecule has 0 spiro atoms. The topological polar surface area (TPSA) is 115 Å². The van der Waals surface area contributed by atoms with Crippen LogP contribution in [0.4, 0.5) is 0 Å². The zero-order valence-electron chi connectivity index (χ0n) is 11.7. The Kier molecular flexibility index (Phi) is 4.17. The Hall–Kier alpha value is -1.71. The smallest absolute Gasteiger partial charge is 0.289 e. The number of nitrogens with one attached hydrogen (secondary N) is 1. The molecule has 0 aliphatic rings. The number of sulfonamides is 1. The van der Waals surface area contributed by atoms with Crippen LogP contribution in [0.2, 0.25) is 0 Å². The van der Waals surface area contributed by atoms with Crippen LogP contribution in [-0.4, -0.2) is 19.3 Å². The first-order valence-electron chi connectivity index (χ1n) is 6.06. The van der Waals surface area contributed by atoms with Crippen LogP contribution in [0.15, 0.2) is 20.8 Å². The SMILES string of the molecule is Cc1nc(C)c(C(=O)NC(C)c2ccc(S(N)(=O)=O)s2)o1. The van der Waals surface area contributed by atoms with Crippen molar-refractivity contribution in [2.75, 3.05) is 0 Å². The molecular weight excluding hydrogens is 314 g/mol. The molecule has 1 unspecified atom stereocenters. The summed E-state index contributed by atoms with van der Waals surface area (Å²) in [6.45, 7) is 5.08. The number of hydrogen-bond donors (Lipinski definition) is 2. The normalized spacial score (nSPS) is 13.1. The maximum absolute atomic E-state index is 12.1. The van der Waals surface area contributed by atoms with Crippen LogP contribution in [0, 0.1) is 13.8 Å². The molecule has 0 aliphatic carbocycles. The number of amides is 1. The Morgan fingerprint density at radius 1 is 1.43 bits per heavy atom. The van der Waals surface area contributed by atoms with E-state index in [1.54, 1.807) is 26.8 Å². The summed E-state index contributed by atoms with van der Waals surface area (Å²) < 4.78 is 27.8. The van der Waals surface area contributed by atoms with Crippen molar-refractivity contribution in [2.24, 2.45) is 5.14 Å². The van der Waals surface area contributed by atoms with Crippen LogP contribution in [0.3, 0.4) is 0 Å². The van der Waals surface area contributed by atoms with Crippen LogP contribution < -0.4 is 10.5 Å².